The summed E-state index contributed by atoms with van der Waals surface area (Å²) in [6.07, 6.45) is 10.2. The third kappa shape index (κ3) is 2.87. The molecule has 0 spiro atoms. The summed E-state index contributed by atoms with van der Waals surface area (Å²) >= 11 is 0. The van der Waals surface area contributed by atoms with E-state index in [9.17, 15) is 15.0 Å². The summed E-state index contributed by atoms with van der Waals surface area (Å²) in [4.78, 5) is 13.3. The Morgan fingerprint density at radius 3 is 2.53 bits per heavy atom. The summed E-state index contributed by atoms with van der Waals surface area (Å²) in [7, 11) is 0. The molecule has 6 rings (SSSR count). The minimum atomic E-state index is -0.812. The molecule has 5 heteroatoms. The van der Waals surface area contributed by atoms with Crippen molar-refractivity contribution < 1.29 is 24.5 Å². The van der Waals surface area contributed by atoms with Gasteiger partial charge < -0.3 is 19.7 Å². The molecule has 5 nitrogen and oxygen atoms in total. The molecule has 0 aromatic rings. The lowest BCUT2D eigenvalue weighted by atomic mass is 9.51. The SMILES string of the molecule is CC(C)[C@@]1([C@@H]2OC(=O)[C@H]([C@H]3CC[C@H]4C5=CC[C@H]6C[C@@H](O)CC[C@]6(C)C5=CC[C@]34C)[C@H]2O)O[C@H]1C. The monoisotopic (exact) mass is 470 g/mol. The van der Waals surface area contributed by atoms with Crippen LogP contribution in [0.15, 0.2) is 23.3 Å². The Labute approximate surface area is 204 Å². The van der Waals surface area contributed by atoms with Gasteiger partial charge in [-0.25, -0.2) is 0 Å². The van der Waals surface area contributed by atoms with Gasteiger partial charge in [-0.05, 0) is 97.5 Å². The second kappa shape index (κ2) is 7.43. The second-order valence-corrected chi connectivity index (χ2v) is 13.1. The van der Waals surface area contributed by atoms with Gasteiger partial charge in [0.25, 0.3) is 0 Å². The Hall–Kier alpha value is -1.17. The van der Waals surface area contributed by atoms with E-state index in [1.165, 1.54) is 11.1 Å². The lowest BCUT2D eigenvalue weighted by molar-refractivity contribution is -0.149. The quantitative estimate of drug-likeness (QED) is 0.467. The summed E-state index contributed by atoms with van der Waals surface area (Å²) in [5.74, 6) is 0.535. The first-order valence-electron chi connectivity index (χ1n) is 13.7. The molecule has 2 saturated heterocycles. The fraction of sp³-hybridized carbons (Fsp3) is 0.828. The lowest BCUT2D eigenvalue weighted by Crippen LogP contribution is -2.48. The molecule has 0 unspecified atom stereocenters. The number of cyclic esters (lactones) is 1. The number of carbonyl (C=O) groups is 1. The zero-order chi connectivity index (χ0) is 24.2. The molecule has 0 aromatic carbocycles. The van der Waals surface area contributed by atoms with Crippen molar-refractivity contribution in [3.05, 3.63) is 23.3 Å². The Morgan fingerprint density at radius 2 is 1.85 bits per heavy atom. The molecule has 2 heterocycles. The van der Waals surface area contributed by atoms with Gasteiger partial charge in [0.1, 0.15) is 11.7 Å². The summed E-state index contributed by atoms with van der Waals surface area (Å²) in [6.45, 7) is 11.0. The summed E-state index contributed by atoms with van der Waals surface area (Å²) in [5.41, 5.74) is 2.58. The molecule has 0 radical (unpaired) electrons. The zero-order valence-electron chi connectivity index (χ0n) is 21.4. The van der Waals surface area contributed by atoms with Crippen molar-refractivity contribution in [3.63, 3.8) is 0 Å². The number of aliphatic hydroxyl groups excluding tert-OH is 2. The first kappa shape index (κ1) is 23.2. The molecule has 2 N–H and O–H groups in total. The maximum atomic E-state index is 13.3. The van der Waals surface area contributed by atoms with Gasteiger partial charge in [0.05, 0.1) is 18.1 Å². The summed E-state index contributed by atoms with van der Waals surface area (Å²) in [5, 5.41) is 21.8. The van der Waals surface area contributed by atoms with Crippen molar-refractivity contribution in [3.8, 4) is 0 Å². The Balaban J connectivity index is 1.29. The van der Waals surface area contributed by atoms with Crippen LogP contribution in [0.25, 0.3) is 0 Å². The Morgan fingerprint density at radius 1 is 1.12 bits per heavy atom. The van der Waals surface area contributed by atoms with E-state index in [1.807, 2.05) is 6.92 Å². The Bertz CT molecular complexity index is 952. The maximum Gasteiger partial charge on any atom is 0.312 e. The van der Waals surface area contributed by atoms with Crippen LogP contribution in [0.1, 0.15) is 79.6 Å². The van der Waals surface area contributed by atoms with Crippen LogP contribution in [-0.4, -0.2) is 46.2 Å². The van der Waals surface area contributed by atoms with E-state index in [0.29, 0.717) is 11.8 Å². The minimum absolute atomic E-state index is 0.000816. The fourth-order valence-corrected chi connectivity index (χ4v) is 9.32. The molecular formula is C29H42O5. The smallest absolute Gasteiger partial charge is 0.312 e. The van der Waals surface area contributed by atoms with Gasteiger partial charge in [0, 0.05) is 0 Å². The number of esters is 1. The molecule has 11 atom stereocenters. The number of hydrogen-bond donors (Lipinski definition) is 2. The number of hydrogen-bond acceptors (Lipinski definition) is 5. The molecule has 2 saturated carbocycles. The first-order valence-corrected chi connectivity index (χ1v) is 13.7. The van der Waals surface area contributed by atoms with Gasteiger partial charge in [-0.2, -0.15) is 0 Å². The molecule has 0 amide bonds. The van der Waals surface area contributed by atoms with Crippen molar-refractivity contribution in [2.75, 3.05) is 0 Å². The molecule has 0 aromatic heterocycles. The third-order valence-electron chi connectivity index (χ3n) is 11.5. The minimum Gasteiger partial charge on any atom is -0.456 e. The lowest BCUT2D eigenvalue weighted by Gasteiger charge is -2.53. The van der Waals surface area contributed by atoms with E-state index in [-0.39, 0.29) is 40.8 Å². The largest absolute Gasteiger partial charge is 0.456 e. The van der Waals surface area contributed by atoms with Gasteiger partial charge in [-0.3, -0.25) is 4.79 Å². The number of aliphatic hydroxyl groups is 2. The van der Waals surface area contributed by atoms with E-state index in [4.69, 9.17) is 9.47 Å². The average molecular weight is 471 g/mol. The van der Waals surface area contributed by atoms with Crippen LogP contribution in [-0.2, 0) is 14.3 Å². The molecule has 4 fully saturated rings. The fourth-order valence-electron chi connectivity index (χ4n) is 9.32. The normalized spacial score (nSPS) is 54.1. The van der Waals surface area contributed by atoms with Gasteiger partial charge in [-0.1, -0.05) is 39.8 Å². The van der Waals surface area contributed by atoms with Gasteiger partial charge in [-0.15, -0.1) is 0 Å². The van der Waals surface area contributed by atoms with Crippen molar-refractivity contribution in [2.24, 2.45) is 40.4 Å². The summed E-state index contributed by atoms with van der Waals surface area (Å²) < 4.78 is 11.9. The third-order valence-corrected chi connectivity index (χ3v) is 11.5. The number of epoxide rings is 1. The van der Waals surface area contributed by atoms with Crippen LogP contribution in [0.4, 0.5) is 0 Å². The number of carbonyl (C=O) groups excluding carboxylic acids is 1. The standard InChI is InChI=1S/C29H42O5/c1-15(2)29(16(3)34-29)25-24(31)23(26(32)33-25)22-9-8-20-19-7-6-17-14-18(30)10-12-27(17,4)21(19)11-13-28(20,22)5/h7,11,15-18,20,22-25,30-31H,6,8-10,12-14H2,1-5H3/t16-,17-,18-,20-,22+,23+,24+,25+,27-,28-,29+/m0/s1. The number of ether oxygens (including phenoxy) is 2. The van der Waals surface area contributed by atoms with Crippen molar-refractivity contribution in [1.82, 2.24) is 0 Å². The Kier molecular flexibility index (Phi) is 5.08. The maximum absolute atomic E-state index is 13.3. The molecule has 6 aliphatic rings. The van der Waals surface area contributed by atoms with Crippen LogP contribution >= 0.6 is 0 Å². The van der Waals surface area contributed by atoms with Gasteiger partial charge >= 0.3 is 5.97 Å². The van der Waals surface area contributed by atoms with Crippen LogP contribution in [0.3, 0.4) is 0 Å². The van der Waals surface area contributed by atoms with Crippen molar-refractivity contribution in [2.45, 2.75) is 110 Å². The van der Waals surface area contributed by atoms with E-state index < -0.39 is 23.7 Å². The zero-order valence-corrected chi connectivity index (χ0v) is 21.4. The van der Waals surface area contributed by atoms with E-state index in [0.717, 1.165) is 44.9 Å². The first-order chi connectivity index (χ1) is 16.0. The highest BCUT2D eigenvalue weighted by molar-refractivity contribution is 5.77. The van der Waals surface area contributed by atoms with Gasteiger partial charge in [0.15, 0.2) is 6.10 Å². The topological polar surface area (TPSA) is 79.3 Å². The number of fused-ring (bicyclic) bond motifs is 5. The highest BCUT2D eigenvalue weighted by atomic mass is 16.7. The predicted molar refractivity (Wildman–Crippen MR) is 129 cm³/mol. The van der Waals surface area contributed by atoms with E-state index in [2.05, 4.69) is 39.8 Å². The predicted octanol–water partition coefficient (Wildman–Crippen LogP) is 4.56. The highest BCUT2D eigenvalue weighted by Crippen LogP contribution is 2.66. The molecule has 0 bridgehead atoms. The van der Waals surface area contributed by atoms with Crippen molar-refractivity contribution in [1.29, 1.82) is 0 Å². The number of rotatable bonds is 3. The molecule has 2 aliphatic heterocycles. The van der Waals surface area contributed by atoms with Crippen molar-refractivity contribution >= 4 is 5.97 Å². The number of allylic oxidation sites excluding steroid dienone is 4. The second-order valence-electron chi connectivity index (χ2n) is 13.1. The molecular weight excluding hydrogens is 428 g/mol. The highest BCUT2D eigenvalue weighted by Gasteiger charge is 2.70. The summed E-state index contributed by atoms with van der Waals surface area (Å²) in [6, 6.07) is 0. The van der Waals surface area contributed by atoms with Crippen LogP contribution in [0, 0.1) is 40.4 Å². The van der Waals surface area contributed by atoms with E-state index in [1.54, 1.807) is 0 Å². The van der Waals surface area contributed by atoms with Crippen LogP contribution in [0.2, 0.25) is 0 Å². The molecule has 188 valence electrons. The molecule has 4 aliphatic carbocycles. The average Bonchev–Trinajstić information content (AvgIpc) is 3.22. The van der Waals surface area contributed by atoms with Crippen LogP contribution < -0.4 is 0 Å². The molecule has 34 heavy (non-hydrogen) atoms. The van der Waals surface area contributed by atoms with Crippen LogP contribution in [0.5, 0.6) is 0 Å². The van der Waals surface area contributed by atoms with Gasteiger partial charge in [0.2, 0.25) is 0 Å². The van der Waals surface area contributed by atoms with E-state index >= 15 is 0 Å².